The van der Waals surface area contributed by atoms with Crippen LogP contribution in [-0.4, -0.2) is 9.13 Å². The summed E-state index contributed by atoms with van der Waals surface area (Å²) in [5.74, 6) is 1.46. The molecule has 0 amide bonds. The molecular formula is C27H36Cl3N3Ti. The van der Waals surface area contributed by atoms with Gasteiger partial charge in [0, 0.05) is 5.62 Å². The first-order valence-electron chi connectivity index (χ1n) is 11.2. The maximum absolute atomic E-state index is 11.5. The monoisotopic (exact) mass is 555 g/mol. The summed E-state index contributed by atoms with van der Waals surface area (Å²) in [6, 6.07) is 13.0. The van der Waals surface area contributed by atoms with Gasteiger partial charge in [-0.15, -0.1) is 0 Å². The van der Waals surface area contributed by atoms with Crippen LogP contribution in [0.1, 0.15) is 101 Å². The Kier molecular flexibility index (Phi) is 15.1. The minimum atomic E-state index is 0. The fraction of sp³-hybridized carbons (Fsp3) is 0.444. The first kappa shape index (κ1) is 35.2. The van der Waals surface area contributed by atoms with Gasteiger partial charge in [-0.3, -0.25) is 0 Å². The number of para-hydroxylation sites is 2. The van der Waals surface area contributed by atoms with Crippen LogP contribution in [0.15, 0.2) is 48.8 Å². The molecule has 0 aliphatic rings. The van der Waals surface area contributed by atoms with E-state index in [1.165, 1.54) is 22.3 Å². The molecule has 0 N–H and O–H groups in total. The van der Waals surface area contributed by atoms with E-state index in [9.17, 15) is 5.41 Å². The van der Waals surface area contributed by atoms with Crippen LogP contribution in [0.5, 0.6) is 0 Å². The van der Waals surface area contributed by atoms with Crippen molar-refractivity contribution < 1.29 is 58.9 Å². The van der Waals surface area contributed by atoms with Gasteiger partial charge in [0.1, 0.15) is 0 Å². The predicted molar refractivity (Wildman–Crippen MR) is 128 cm³/mol. The zero-order valence-electron chi connectivity index (χ0n) is 21.4. The molecule has 184 valence electrons. The number of rotatable bonds is 6. The van der Waals surface area contributed by atoms with Gasteiger partial charge in [0.2, 0.25) is 0 Å². The summed E-state index contributed by atoms with van der Waals surface area (Å²) >= 11 is 0. The largest absolute Gasteiger partial charge is 4.00 e. The summed E-state index contributed by atoms with van der Waals surface area (Å²) in [6.07, 6.45) is 4.01. The van der Waals surface area contributed by atoms with Gasteiger partial charge in [0.05, 0.1) is 0 Å². The second kappa shape index (κ2) is 14.6. The van der Waals surface area contributed by atoms with E-state index < -0.39 is 0 Å². The molecule has 2 aromatic carbocycles. The molecule has 0 saturated heterocycles. The van der Waals surface area contributed by atoms with Crippen molar-refractivity contribution in [3.05, 3.63) is 82.1 Å². The number of imidazole rings is 1. The Morgan fingerprint density at radius 1 is 0.529 bits per heavy atom. The van der Waals surface area contributed by atoms with Crippen LogP contribution in [0, 0.1) is 0 Å². The van der Waals surface area contributed by atoms with Crippen molar-refractivity contribution in [3.63, 3.8) is 0 Å². The fourth-order valence-electron chi connectivity index (χ4n) is 4.31. The summed E-state index contributed by atoms with van der Waals surface area (Å²) in [6.45, 7) is 17.7. The standard InChI is InChI=1S/C27H36N3.3ClH.Ti/c1-17(2)21-11-9-12-22(18(3)4)25(21)29-15-16-30(27(29)28)26-23(19(5)6)13-10-14-24(26)20(7)8;;;;/h9-20H,1-8H3;3*1H;/q-1;;;;+4/p-3. The van der Waals surface area contributed by atoms with E-state index in [4.69, 9.17) is 0 Å². The van der Waals surface area contributed by atoms with Crippen LogP contribution in [0.4, 0.5) is 0 Å². The summed E-state index contributed by atoms with van der Waals surface area (Å²) in [7, 11) is 0. The Bertz CT molecular complexity index is 962. The molecule has 3 nitrogen and oxygen atoms in total. The molecule has 0 atom stereocenters. The summed E-state index contributed by atoms with van der Waals surface area (Å²) in [4.78, 5) is 0. The molecular weight excluding hydrogens is 521 g/mol. The molecule has 0 aliphatic carbocycles. The predicted octanol–water partition coefficient (Wildman–Crippen LogP) is -1.76. The van der Waals surface area contributed by atoms with Gasteiger partial charge in [-0.25, -0.2) is 0 Å². The van der Waals surface area contributed by atoms with Crippen molar-refractivity contribution >= 4 is 0 Å². The van der Waals surface area contributed by atoms with Crippen molar-refractivity contribution in [2.45, 2.75) is 79.1 Å². The first-order chi connectivity index (χ1) is 14.1. The average molecular weight is 557 g/mol. The molecule has 0 radical (unpaired) electrons. The van der Waals surface area contributed by atoms with Crippen LogP contribution in [-0.2, 0) is 21.7 Å². The third-order valence-electron chi connectivity index (χ3n) is 5.96. The van der Waals surface area contributed by atoms with Crippen molar-refractivity contribution in [2.24, 2.45) is 0 Å². The minimum Gasteiger partial charge on any atom is -1.00 e. The van der Waals surface area contributed by atoms with Gasteiger partial charge in [0.15, 0.2) is 0 Å². The zero-order valence-corrected chi connectivity index (χ0v) is 25.2. The Balaban J connectivity index is 0. The van der Waals surface area contributed by atoms with E-state index in [2.05, 4.69) is 91.8 Å². The third-order valence-corrected chi connectivity index (χ3v) is 5.96. The molecule has 0 fully saturated rings. The Morgan fingerprint density at radius 3 is 0.971 bits per heavy atom. The van der Waals surface area contributed by atoms with Crippen LogP contribution < -0.4 is 42.8 Å². The number of hydrogen-bond acceptors (Lipinski definition) is 0. The van der Waals surface area contributed by atoms with Crippen molar-refractivity contribution in [2.75, 3.05) is 0 Å². The molecule has 0 saturated carbocycles. The summed E-state index contributed by atoms with van der Waals surface area (Å²) in [5.41, 5.74) is 7.46. The molecule has 0 aliphatic heterocycles. The molecule has 0 spiro atoms. The SMILES string of the molecule is CC(C)c1cccc(C(C)C)c1-n1ccn(-c2c(C(C)C)cccc2C(C)C)c1=[N-].[Cl-].[Cl-].[Cl-].[Ti+4]. The number of nitrogens with zero attached hydrogens (tertiary/aromatic N) is 3. The molecule has 0 unspecified atom stereocenters. The summed E-state index contributed by atoms with van der Waals surface area (Å²) < 4.78 is 3.93. The van der Waals surface area contributed by atoms with Gasteiger partial charge >= 0.3 is 21.7 Å². The third kappa shape index (κ3) is 6.83. The van der Waals surface area contributed by atoms with E-state index in [-0.39, 0.29) is 64.6 Å². The molecule has 3 rings (SSSR count). The molecule has 1 heterocycles. The van der Waals surface area contributed by atoms with Gasteiger partial charge < -0.3 is 51.8 Å². The summed E-state index contributed by atoms with van der Waals surface area (Å²) in [5, 5.41) is 11.5. The molecule has 7 heteroatoms. The maximum Gasteiger partial charge on any atom is 4.00 e. The Morgan fingerprint density at radius 2 is 0.765 bits per heavy atom. The van der Waals surface area contributed by atoms with Gasteiger partial charge in [-0.1, -0.05) is 91.8 Å². The zero-order chi connectivity index (χ0) is 22.2. The van der Waals surface area contributed by atoms with Crippen molar-refractivity contribution in [1.82, 2.24) is 9.13 Å². The first-order valence-corrected chi connectivity index (χ1v) is 11.2. The van der Waals surface area contributed by atoms with Gasteiger partial charge in [0.25, 0.3) is 0 Å². The van der Waals surface area contributed by atoms with E-state index >= 15 is 0 Å². The fourth-order valence-corrected chi connectivity index (χ4v) is 4.31. The van der Waals surface area contributed by atoms with E-state index in [1.54, 1.807) is 0 Å². The average Bonchev–Trinajstić information content (AvgIpc) is 3.07. The molecule has 3 aromatic rings. The minimum absolute atomic E-state index is 0. The molecule has 34 heavy (non-hydrogen) atoms. The van der Waals surface area contributed by atoms with E-state index in [0.717, 1.165) is 11.4 Å². The Hall–Kier alpha value is -0.966. The van der Waals surface area contributed by atoms with Gasteiger partial charge in [-0.05, 0) is 69.7 Å². The molecule has 0 bridgehead atoms. The van der Waals surface area contributed by atoms with E-state index in [0.29, 0.717) is 23.7 Å². The number of hydrogen-bond donors (Lipinski definition) is 0. The number of halogens is 3. The van der Waals surface area contributed by atoms with Crippen LogP contribution in [0.3, 0.4) is 0 Å². The second-order valence-corrected chi connectivity index (χ2v) is 9.53. The Labute approximate surface area is 239 Å². The molecule has 1 aromatic heterocycles. The van der Waals surface area contributed by atoms with E-state index in [1.807, 2.05) is 21.5 Å². The number of benzene rings is 2. The van der Waals surface area contributed by atoms with Crippen LogP contribution in [0.25, 0.3) is 16.8 Å². The topological polar surface area (TPSA) is 32.2 Å². The normalized spacial score (nSPS) is 10.6. The maximum atomic E-state index is 11.5. The second-order valence-electron chi connectivity index (χ2n) is 9.53. The van der Waals surface area contributed by atoms with Crippen molar-refractivity contribution in [1.29, 1.82) is 0 Å². The number of aromatic nitrogens is 2. The quantitative estimate of drug-likeness (QED) is 0.323. The smallest absolute Gasteiger partial charge is 1.00 e. The van der Waals surface area contributed by atoms with Crippen LogP contribution in [0.2, 0.25) is 0 Å². The van der Waals surface area contributed by atoms with Gasteiger partial charge in [-0.2, -0.15) is 0 Å². The van der Waals surface area contributed by atoms with Crippen molar-refractivity contribution in [3.8, 4) is 11.4 Å². The van der Waals surface area contributed by atoms with Crippen LogP contribution >= 0.6 is 0 Å².